The number of aryl methyl sites for hydroxylation is 1. The Balaban J connectivity index is 1.95. The Labute approximate surface area is 103 Å². The summed E-state index contributed by atoms with van der Waals surface area (Å²) in [6.45, 7) is 5.88. The van der Waals surface area contributed by atoms with Crippen molar-refractivity contribution in [3.8, 4) is 0 Å². The van der Waals surface area contributed by atoms with E-state index in [-0.39, 0.29) is 0 Å². The van der Waals surface area contributed by atoms with Gasteiger partial charge in [-0.25, -0.2) is 4.98 Å². The minimum atomic E-state index is 0.412. The van der Waals surface area contributed by atoms with E-state index >= 15 is 0 Å². The van der Waals surface area contributed by atoms with E-state index in [1.807, 2.05) is 19.2 Å². The van der Waals surface area contributed by atoms with Crippen LogP contribution in [0.1, 0.15) is 25.8 Å². The second kappa shape index (κ2) is 5.17. The van der Waals surface area contributed by atoms with Crippen LogP contribution in [-0.4, -0.2) is 34.9 Å². The first-order valence-electron chi connectivity index (χ1n) is 6.20. The van der Waals surface area contributed by atoms with Crippen molar-refractivity contribution < 1.29 is 0 Å². The Bertz CT molecular complexity index is 402. The number of pyridine rings is 1. The van der Waals surface area contributed by atoms with E-state index in [2.05, 4.69) is 28.2 Å². The lowest BCUT2D eigenvalue weighted by atomic mass is 10.2. The molecule has 17 heavy (non-hydrogen) atoms. The van der Waals surface area contributed by atoms with E-state index in [0.29, 0.717) is 11.9 Å². The van der Waals surface area contributed by atoms with Crippen LogP contribution >= 0.6 is 0 Å². The fraction of sp³-hybridized carbons (Fsp3) is 0.538. The maximum absolute atomic E-state index is 7.61. The number of aromatic nitrogens is 1. The van der Waals surface area contributed by atoms with Gasteiger partial charge >= 0.3 is 0 Å². The predicted octanol–water partition coefficient (Wildman–Crippen LogP) is 2.13. The molecular formula is C13H20N4. The van der Waals surface area contributed by atoms with Crippen LogP contribution < -0.4 is 5.32 Å². The molecular weight excluding hydrogens is 212 g/mol. The van der Waals surface area contributed by atoms with Crippen molar-refractivity contribution in [1.82, 2.24) is 9.88 Å². The molecule has 0 bridgehead atoms. The lowest BCUT2D eigenvalue weighted by molar-refractivity contribution is 0.507. The highest BCUT2D eigenvalue weighted by molar-refractivity contribution is 5.76. The molecule has 0 amide bonds. The Kier molecular flexibility index (Phi) is 3.61. The zero-order valence-electron chi connectivity index (χ0n) is 10.5. The van der Waals surface area contributed by atoms with Crippen LogP contribution in [0.4, 0.5) is 5.82 Å². The summed E-state index contributed by atoms with van der Waals surface area (Å²) in [6.07, 6.45) is 3.97. The number of hydrogen-bond acceptors (Lipinski definition) is 3. The first kappa shape index (κ1) is 11.9. The molecule has 0 radical (unpaired) electrons. The number of amidine groups is 1. The smallest absolute Gasteiger partial charge is 0.126 e. The Hall–Kier alpha value is -1.58. The number of nitrogens with one attached hydrogen (secondary N) is 2. The highest BCUT2D eigenvalue weighted by Crippen LogP contribution is 2.15. The molecule has 1 aliphatic heterocycles. The fourth-order valence-corrected chi connectivity index (χ4v) is 2.17. The lowest BCUT2D eigenvalue weighted by Crippen LogP contribution is -2.29. The number of nitrogens with zero attached hydrogens (tertiary/aromatic N) is 2. The summed E-state index contributed by atoms with van der Waals surface area (Å²) in [5.41, 5.74) is 1.31. The van der Waals surface area contributed by atoms with Gasteiger partial charge in [-0.3, -0.25) is 5.41 Å². The molecule has 4 heteroatoms. The maximum Gasteiger partial charge on any atom is 0.126 e. The zero-order chi connectivity index (χ0) is 12.3. The van der Waals surface area contributed by atoms with Gasteiger partial charge in [-0.05, 0) is 37.5 Å². The van der Waals surface area contributed by atoms with Gasteiger partial charge in [0.25, 0.3) is 0 Å². The average molecular weight is 232 g/mol. The fourth-order valence-electron chi connectivity index (χ4n) is 2.17. The number of anilines is 1. The van der Waals surface area contributed by atoms with E-state index in [0.717, 1.165) is 31.7 Å². The van der Waals surface area contributed by atoms with E-state index < -0.39 is 0 Å². The van der Waals surface area contributed by atoms with Crippen LogP contribution in [0.25, 0.3) is 0 Å². The van der Waals surface area contributed by atoms with Crippen LogP contribution in [0.15, 0.2) is 18.3 Å². The SMILES string of the molecule is CCc1ccnc(NC2CCN(C(C)=N)C2)c1. The predicted molar refractivity (Wildman–Crippen MR) is 70.6 cm³/mol. The topological polar surface area (TPSA) is 52.0 Å². The molecule has 2 N–H and O–H groups in total. The summed E-state index contributed by atoms with van der Waals surface area (Å²) in [4.78, 5) is 6.44. The van der Waals surface area contributed by atoms with Crippen molar-refractivity contribution in [2.24, 2.45) is 0 Å². The van der Waals surface area contributed by atoms with Crippen LogP contribution in [-0.2, 0) is 6.42 Å². The summed E-state index contributed by atoms with van der Waals surface area (Å²) < 4.78 is 0. The van der Waals surface area contributed by atoms with E-state index in [4.69, 9.17) is 5.41 Å². The van der Waals surface area contributed by atoms with E-state index in [1.54, 1.807) is 0 Å². The van der Waals surface area contributed by atoms with Gasteiger partial charge in [0.2, 0.25) is 0 Å². The van der Waals surface area contributed by atoms with Crippen LogP contribution in [0.2, 0.25) is 0 Å². The molecule has 0 spiro atoms. The largest absolute Gasteiger partial charge is 0.365 e. The molecule has 92 valence electrons. The van der Waals surface area contributed by atoms with Gasteiger partial charge < -0.3 is 10.2 Å². The molecule has 1 saturated heterocycles. The van der Waals surface area contributed by atoms with Crippen LogP contribution in [0.5, 0.6) is 0 Å². The summed E-state index contributed by atoms with van der Waals surface area (Å²) in [5, 5.41) is 11.1. The molecule has 1 aliphatic rings. The number of hydrogen-bond donors (Lipinski definition) is 2. The van der Waals surface area contributed by atoms with Crippen LogP contribution in [0, 0.1) is 5.41 Å². The normalized spacial score (nSPS) is 19.4. The molecule has 2 heterocycles. The second-order valence-electron chi connectivity index (χ2n) is 4.56. The number of likely N-dealkylation sites (tertiary alicyclic amines) is 1. The summed E-state index contributed by atoms with van der Waals surface area (Å²) in [5.74, 6) is 1.61. The first-order chi connectivity index (χ1) is 8.19. The molecule has 1 aromatic heterocycles. The highest BCUT2D eigenvalue weighted by Gasteiger charge is 2.22. The van der Waals surface area contributed by atoms with Crippen molar-refractivity contribution in [3.05, 3.63) is 23.9 Å². The summed E-state index contributed by atoms with van der Waals surface area (Å²) >= 11 is 0. The molecule has 1 fully saturated rings. The van der Waals surface area contributed by atoms with Gasteiger partial charge in [0, 0.05) is 25.3 Å². The maximum atomic E-state index is 7.61. The Morgan fingerprint density at radius 2 is 2.47 bits per heavy atom. The van der Waals surface area contributed by atoms with Gasteiger partial charge in [0.05, 0.1) is 5.84 Å². The third kappa shape index (κ3) is 2.96. The lowest BCUT2D eigenvalue weighted by Gasteiger charge is -2.17. The number of rotatable bonds is 3. The highest BCUT2D eigenvalue weighted by atomic mass is 15.2. The van der Waals surface area contributed by atoms with E-state index in [9.17, 15) is 0 Å². The zero-order valence-corrected chi connectivity index (χ0v) is 10.5. The van der Waals surface area contributed by atoms with Crippen molar-refractivity contribution in [3.63, 3.8) is 0 Å². The Morgan fingerprint density at radius 3 is 3.12 bits per heavy atom. The Morgan fingerprint density at radius 1 is 1.65 bits per heavy atom. The van der Waals surface area contributed by atoms with Gasteiger partial charge in [-0.1, -0.05) is 6.92 Å². The van der Waals surface area contributed by atoms with Gasteiger partial charge in [-0.15, -0.1) is 0 Å². The van der Waals surface area contributed by atoms with Gasteiger partial charge in [0.15, 0.2) is 0 Å². The van der Waals surface area contributed by atoms with Crippen molar-refractivity contribution in [1.29, 1.82) is 5.41 Å². The molecule has 1 unspecified atom stereocenters. The van der Waals surface area contributed by atoms with Gasteiger partial charge in [-0.2, -0.15) is 0 Å². The molecule has 1 aromatic rings. The summed E-state index contributed by atoms with van der Waals surface area (Å²) in [7, 11) is 0. The molecule has 1 atom stereocenters. The minimum absolute atomic E-state index is 0.412. The molecule has 0 saturated carbocycles. The molecule has 0 aromatic carbocycles. The average Bonchev–Trinajstić information content (AvgIpc) is 2.78. The van der Waals surface area contributed by atoms with Gasteiger partial charge in [0.1, 0.15) is 5.82 Å². The third-order valence-corrected chi connectivity index (χ3v) is 3.25. The van der Waals surface area contributed by atoms with Crippen molar-refractivity contribution in [2.75, 3.05) is 18.4 Å². The third-order valence-electron chi connectivity index (χ3n) is 3.25. The quantitative estimate of drug-likeness (QED) is 0.620. The second-order valence-corrected chi connectivity index (χ2v) is 4.56. The van der Waals surface area contributed by atoms with E-state index in [1.165, 1.54) is 5.56 Å². The standard InChI is InChI=1S/C13H20N4/c1-3-11-4-6-15-13(8-11)16-12-5-7-17(9-12)10(2)14/h4,6,8,12,14H,3,5,7,9H2,1-2H3,(H,15,16). The van der Waals surface area contributed by atoms with Crippen molar-refractivity contribution >= 4 is 11.7 Å². The first-order valence-corrected chi connectivity index (χ1v) is 6.20. The van der Waals surface area contributed by atoms with Crippen molar-refractivity contribution in [2.45, 2.75) is 32.7 Å². The molecule has 4 nitrogen and oxygen atoms in total. The van der Waals surface area contributed by atoms with Crippen LogP contribution in [0.3, 0.4) is 0 Å². The minimum Gasteiger partial charge on any atom is -0.365 e. The molecule has 2 rings (SSSR count). The monoisotopic (exact) mass is 232 g/mol. The molecule has 0 aliphatic carbocycles. The summed E-state index contributed by atoms with van der Waals surface area (Å²) in [6, 6.07) is 4.57.